The van der Waals surface area contributed by atoms with Gasteiger partial charge in [-0.3, -0.25) is 0 Å². The molecule has 5 nitrogen and oxygen atoms in total. The average Bonchev–Trinajstić information content (AvgIpc) is 2.39. The van der Waals surface area contributed by atoms with E-state index in [0.29, 0.717) is 18.0 Å². The number of likely N-dealkylation sites (N-methyl/N-ethyl adjacent to an activating group) is 1. The molecule has 112 valence electrons. The number of hydrogen-bond acceptors (Lipinski definition) is 4. The Balaban J connectivity index is 2.05. The first-order valence-corrected chi connectivity index (χ1v) is 8.72. The molecular formula is C13H19BrN2O3S. The fourth-order valence-corrected chi connectivity index (χ4v) is 3.98. The second kappa shape index (κ2) is 6.53. The summed E-state index contributed by atoms with van der Waals surface area (Å²) in [6.45, 7) is 4.33. The second-order valence-electron chi connectivity index (χ2n) is 5.02. The monoisotopic (exact) mass is 362 g/mol. The molecule has 1 aliphatic heterocycles. The number of ether oxygens (including phenoxy) is 1. The van der Waals surface area contributed by atoms with Crippen molar-refractivity contribution in [2.45, 2.75) is 17.9 Å². The molecule has 0 saturated carbocycles. The van der Waals surface area contributed by atoms with Crippen LogP contribution in [0.2, 0.25) is 0 Å². The predicted octanol–water partition coefficient (Wildman–Crippen LogP) is 1.37. The molecule has 1 aromatic carbocycles. The molecule has 0 radical (unpaired) electrons. The van der Waals surface area contributed by atoms with Crippen molar-refractivity contribution in [3.8, 4) is 0 Å². The van der Waals surface area contributed by atoms with E-state index in [0.717, 1.165) is 23.1 Å². The zero-order valence-corrected chi connectivity index (χ0v) is 14.0. The van der Waals surface area contributed by atoms with Gasteiger partial charge in [-0.05, 0) is 31.7 Å². The first kappa shape index (κ1) is 15.9. The molecule has 0 amide bonds. The van der Waals surface area contributed by atoms with Crippen molar-refractivity contribution in [2.24, 2.45) is 0 Å². The van der Waals surface area contributed by atoms with Crippen LogP contribution in [0.1, 0.15) is 5.56 Å². The molecule has 1 fully saturated rings. The number of halogens is 1. The highest BCUT2D eigenvalue weighted by molar-refractivity contribution is 9.10. The highest BCUT2D eigenvalue weighted by atomic mass is 79.9. The van der Waals surface area contributed by atoms with Crippen LogP contribution in [0.25, 0.3) is 0 Å². The van der Waals surface area contributed by atoms with E-state index in [1.807, 2.05) is 13.1 Å². The number of morpholine rings is 1. The SMILES string of the molecule is Cc1ccc(Br)cc1S(=O)(=O)NCC1CN(C)CCO1. The highest BCUT2D eigenvalue weighted by Crippen LogP contribution is 2.20. The Labute approximate surface area is 128 Å². The predicted molar refractivity (Wildman–Crippen MR) is 81.3 cm³/mol. The summed E-state index contributed by atoms with van der Waals surface area (Å²) in [6.07, 6.45) is -0.101. The zero-order valence-electron chi connectivity index (χ0n) is 11.6. The summed E-state index contributed by atoms with van der Waals surface area (Å²) in [5.41, 5.74) is 0.724. The number of benzene rings is 1. The minimum Gasteiger partial charge on any atom is -0.374 e. The van der Waals surface area contributed by atoms with Crippen LogP contribution in [-0.4, -0.2) is 52.7 Å². The van der Waals surface area contributed by atoms with Crippen molar-refractivity contribution in [2.75, 3.05) is 33.3 Å². The summed E-state index contributed by atoms with van der Waals surface area (Å²) in [7, 11) is -1.51. The van der Waals surface area contributed by atoms with Crippen molar-refractivity contribution in [3.63, 3.8) is 0 Å². The molecule has 0 aromatic heterocycles. The van der Waals surface area contributed by atoms with Crippen molar-refractivity contribution in [1.82, 2.24) is 9.62 Å². The van der Waals surface area contributed by atoms with Gasteiger partial charge < -0.3 is 9.64 Å². The van der Waals surface area contributed by atoms with Gasteiger partial charge in [0.05, 0.1) is 17.6 Å². The van der Waals surface area contributed by atoms with Crippen molar-refractivity contribution in [1.29, 1.82) is 0 Å². The molecule has 20 heavy (non-hydrogen) atoms. The van der Waals surface area contributed by atoms with Crippen molar-refractivity contribution >= 4 is 26.0 Å². The standard InChI is InChI=1S/C13H19BrN2O3S/c1-10-3-4-11(14)7-13(10)20(17,18)15-8-12-9-16(2)5-6-19-12/h3-4,7,12,15H,5-6,8-9H2,1-2H3. The summed E-state index contributed by atoms with van der Waals surface area (Å²) in [5.74, 6) is 0. The molecule has 2 rings (SSSR count). The number of nitrogens with zero attached hydrogens (tertiary/aromatic N) is 1. The number of sulfonamides is 1. The van der Waals surface area contributed by atoms with Crippen LogP contribution >= 0.6 is 15.9 Å². The van der Waals surface area contributed by atoms with Gasteiger partial charge in [0.1, 0.15) is 0 Å². The normalized spacial score (nSPS) is 21.1. The van der Waals surface area contributed by atoms with Crippen LogP contribution in [0.5, 0.6) is 0 Å². The Morgan fingerprint density at radius 3 is 2.95 bits per heavy atom. The summed E-state index contributed by atoms with van der Waals surface area (Å²) >= 11 is 3.30. The molecule has 0 aliphatic carbocycles. The third-order valence-corrected chi connectivity index (χ3v) is 5.34. The van der Waals surface area contributed by atoms with Gasteiger partial charge >= 0.3 is 0 Å². The van der Waals surface area contributed by atoms with E-state index in [1.165, 1.54) is 0 Å². The van der Waals surface area contributed by atoms with Crippen LogP contribution < -0.4 is 4.72 Å². The molecule has 1 saturated heterocycles. The smallest absolute Gasteiger partial charge is 0.240 e. The molecule has 1 aliphatic rings. The van der Waals surface area contributed by atoms with E-state index in [1.54, 1.807) is 19.1 Å². The number of aryl methyl sites for hydroxylation is 1. The van der Waals surface area contributed by atoms with Crippen LogP contribution in [0.4, 0.5) is 0 Å². The first-order valence-electron chi connectivity index (χ1n) is 6.44. The third kappa shape index (κ3) is 4.02. The van der Waals surface area contributed by atoms with Crippen LogP contribution in [0.15, 0.2) is 27.6 Å². The maximum absolute atomic E-state index is 12.3. The Morgan fingerprint density at radius 1 is 1.50 bits per heavy atom. The first-order chi connectivity index (χ1) is 9.38. The Morgan fingerprint density at radius 2 is 2.25 bits per heavy atom. The van der Waals surface area contributed by atoms with Crippen LogP contribution in [0.3, 0.4) is 0 Å². The molecular weight excluding hydrogens is 344 g/mol. The van der Waals surface area contributed by atoms with Gasteiger partial charge in [-0.2, -0.15) is 0 Å². The molecule has 0 bridgehead atoms. The average molecular weight is 363 g/mol. The van der Waals surface area contributed by atoms with Gasteiger partial charge in [-0.1, -0.05) is 22.0 Å². The molecule has 1 atom stereocenters. The fraction of sp³-hybridized carbons (Fsp3) is 0.538. The van der Waals surface area contributed by atoms with Crippen molar-refractivity contribution in [3.05, 3.63) is 28.2 Å². The fourth-order valence-electron chi connectivity index (χ4n) is 2.13. The maximum Gasteiger partial charge on any atom is 0.240 e. The van der Waals surface area contributed by atoms with E-state index in [9.17, 15) is 8.42 Å². The molecule has 1 N–H and O–H groups in total. The minimum atomic E-state index is -3.51. The summed E-state index contributed by atoms with van der Waals surface area (Å²) in [5, 5.41) is 0. The van der Waals surface area contributed by atoms with Gasteiger partial charge in [0.2, 0.25) is 10.0 Å². The molecule has 1 aromatic rings. The number of rotatable bonds is 4. The number of hydrogen-bond donors (Lipinski definition) is 1. The minimum absolute atomic E-state index is 0.101. The lowest BCUT2D eigenvalue weighted by atomic mass is 10.2. The van der Waals surface area contributed by atoms with Gasteiger partial charge in [-0.25, -0.2) is 13.1 Å². The summed E-state index contributed by atoms with van der Waals surface area (Å²) < 4.78 is 33.6. The topological polar surface area (TPSA) is 58.6 Å². The second-order valence-corrected chi connectivity index (χ2v) is 7.67. The van der Waals surface area contributed by atoms with E-state index < -0.39 is 10.0 Å². The maximum atomic E-state index is 12.3. The van der Waals surface area contributed by atoms with E-state index in [2.05, 4.69) is 25.6 Å². The van der Waals surface area contributed by atoms with E-state index >= 15 is 0 Å². The largest absolute Gasteiger partial charge is 0.374 e. The quantitative estimate of drug-likeness (QED) is 0.878. The lowest BCUT2D eigenvalue weighted by molar-refractivity contribution is -0.0156. The zero-order chi connectivity index (χ0) is 14.8. The van der Waals surface area contributed by atoms with E-state index in [-0.39, 0.29) is 6.10 Å². The van der Waals surface area contributed by atoms with Crippen LogP contribution in [-0.2, 0) is 14.8 Å². The van der Waals surface area contributed by atoms with Gasteiger partial charge in [-0.15, -0.1) is 0 Å². The molecule has 7 heteroatoms. The Bertz CT molecular complexity index is 577. The summed E-state index contributed by atoms with van der Waals surface area (Å²) in [4.78, 5) is 2.43. The Kier molecular flexibility index (Phi) is 5.19. The molecule has 1 unspecified atom stereocenters. The van der Waals surface area contributed by atoms with Gasteiger partial charge in [0, 0.05) is 24.1 Å². The van der Waals surface area contributed by atoms with Gasteiger partial charge in [0.15, 0.2) is 0 Å². The lowest BCUT2D eigenvalue weighted by Crippen LogP contribution is -2.45. The van der Waals surface area contributed by atoms with Gasteiger partial charge in [0.25, 0.3) is 0 Å². The van der Waals surface area contributed by atoms with Crippen LogP contribution in [0, 0.1) is 6.92 Å². The van der Waals surface area contributed by atoms with Crippen molar-refractivity contribution < 1.29 is 13.2 Å². The molecule has 1 heterocycles. The number of nitrogens with one attached hydrogen (secondary N) is 1. The Hall–Kier alpha value is -0.470. The lowest BCUT2D eigenvalue weighted by Gasteiger charge is -2.30. The highest BCUT2D eigenvalue weighted by Gasteiger charge is 2.22. The third-order valence-electron chi connectivity index (χ3n) is 3.28. The van der Waals surface area contributed by atoms with E-state index in [4.69, 9.17) is 4.74 Å². The molecule has 0 spiro atoms. The summed E-state index contributed by atoms with van der Waals surface area (Å²) in [6, 6.07) is 5.22.